The van der Waals surface area contributed by atoms with E-state index in [0.29, 0.717) is 5.69 Å². The molecule has 0 unspecified atom stereocenters. The number of amides is 2. The smallest absolute Gasteiger partial charge is 0.406 e. The highest BCUT2D eigenvalue weighted by atomic mass is 32.2. The van der Waals surface area contributed by atoms with Gasteiger partial charge in [-0.05, 0) is 43.3 Å². The van der Waals surface area contributed by atoms with Crippen LogP contribution in [0.3, 0.4) is 0 Å². The number of rotatable bonds is 9. The van der Waals surface area contributed by atoms with Crippen LogP contribution in [0.1, 0.15) is 12.0 Å². The number of benzene rings is 2. The first-order valence-corrected chi connectivity index (χ1v) is 10.8. The van der Waals surface area contributed by atoms with Gasteiger partial charge in [-0.1, -0.05) is 17.7 Å². The van der Waals surface area contributed by atoms with E-state index in [2.05, 4.69) is 14.8 Å². The minimum absolute atomic E-state index is 0.219. The summed E-state index contributed by atoms with van der Waals surface area (Å²) in [6.45, 7) is 1.43. The number of ether oxygens (including phenoxy) is 1. The summed E-state index contributed by atoms with van der Waals surface area (Å²) in [6, 6.07) is 10.7. The summed E-state index contributed by atoms with van der Waals surface area (Å²) in [5.74, 6) is -1.44. The first-order valence-electron chi connectivity index (χ1n) is 9.32. The van der Waals surface area contributed by atoms with Gasteiger partial charge in [-0.25, -0.2) is 13.1 Å². The van der Waals surface area contributed by atoms with Crippen LogP contribution in [0.2, 0.25) is 0 Å². The molecule has 0 heterocycles. The van der Waals surface area contributed by atoms with Crippen molar-refractivity contribution in [3.8, 4) is 5.75 Å². The Balaban J connectivity index is 1.81. The third-order valence-corrected chi connectivity index (χ3v) is 5.62. The Morgan fingerprint density at radius 1 is 1.03 bits per heavy atom. The lowest BCUT2D eigenvalue weighted by Gasteiger charge is -2.17. The second kappa shape index (κ2) is 10.5. The Labute approximate surface area is 183 Å². The molecule has 2 rings (SSSR count). The van der Waals surface area contributed by atoms with E-state index in [1.54, 1.807) is 12.1 Å². The van der Waals surface area contributed by atoms with Crippen molar-refractivity contribution in [1.29, 1.82) is 0 Å². The molecule has 0 spiro atoms. The number of sulfonamides is 1. The zero-order chi connectivity index (χ0) is 23.9. The van der Waals surface area contributed by atoms with Gasteiger partial charge in [-0.3, -0.25) is 9.59 Å². The van der Waals surface area contributed by atoms with Crippen molar-refractivity contribution in [1.82, 2.24) is 9.62 Å². The van der Waals surface area contributed by atoms with Gasteiger partial charge < -0.3 is 15.0 Å². The van der Waals surface area contributed by atoms with Crippen LogP contribution >= 0.6 is 0 Å². The summed E-state index contributed by atoms with van der Waals surface area (Å²) >= 11 is 0. The van der Waals surface area contributed by atoms with E-state index in [4.69, 9.17) is 0 Å². The lowest BCUT2D eigenvalue weighted by atomic mass is 10.2. The van der Waals surface area contributed by atoms with Crippen LogP contribution in [0.15, 0.2) is 53.4 Å². The third-order valence-electron chi connectivity index (χ3n) is 4.14. The molecular weight excluding hydrogens is 451 g/mol. The number of hydrogen-bond acceptors (Lipinski definition) is 5. The second-order valence-electron chi connectivity index (χ2n) is 6.83. The van der Waals surface area contributed by atoms with Gasteiger partial charge in [0, 0.05) is 25.7 Å². The highest BCUT2D eigenvalue weighted by Crippen LogP contribution is 2.23. The van der Waals surface area contributed by atoms with Gasteiger partial charge >= 0.3 is 6.36 Å². The first kappa shape index (κ1) is 25.1. The van der Waals surface area contributed by atoms with Gasteiger partial charge in [0.2, 0.25) is 21.8 Å². The maximum absolute atomic E-state index is 12.2. The Bertz CT molecular complexity index is 1040. The predicted molar refractivity (Wildman–Crippen MR) is 110 cm³/mol. The lowest BCUT2D eigenvalue weighted by molar-refractivity contribution is -0.274. The Morgan fingerprint density at radius 3 is 2.19 bits per heavy atom. The standard InChI is InChI=1S/C20H22F3N3O5S/c1-14-3-5-15(6-4-14)25-18(27)13-26(2)19(28)11-12-24-32(29,30)17-9-7-16(8-10-17)31-20(21,22)23/h3-10,24H,11-13H2,1-2H3,(H,25,27). The fourth-order valence-electron chi connectivity index (χ4n) is 2.53. The van der Waals surface area contributed by atoms with Gasteiger partial charge in [-0.2, -0.15) is 0 Å². The molecule has 0 radical (unpaired) electrons. The fourth-order valence-corrected chi connectivity index (χ4v) is 3.56. The molecule has 32 heavy (non-hydrogen) atoms. The lowest BCUT2D eigenvalue weighted by Crippen LogP contribution is -2.37. The molecule has 0 aliphatic heterocycles. The van der Waals surface area contributed by atoms with Crippen LogP contribution in [0.4, 0.5) is 18.9 Å². The zero-order valence-electron chi connectivity index (χ0n) is 17.3. The minimum atomic E-state index is -4.89. The van der Waals surface area contributed by atoms with Crippen LogP contribution in [0.5, 0.6) is 5.75 Å². The molecule has 0 aliphatic rings. The van der Waals surface area contributed by atoms with Crippen LogP contribution in [0, 0.1) is 6.92 Å². The Kier molecular flexibility index (Phi) is 8.22. The van der Waals surface area contributed by atoms with Crippen molar-refractivity contribution in [2.45, 2.75) is 24.6 Å². The SMILES string of the molecule is Cc1ccc(NC(=O)CN(C)C(=O)CCNS(=O)(=O)c2ccc(OC(F)(F)F)cc2)cc1. The number of aryl methyl sites for hydroxylation is 1. The molecule has 12 heteroatoms. The largest absolute Gasteiger partial charge is 0.573 e. The summed E-state index contributed by atoms with van der Waals surface area (Å²) in [4.78, 5) is 25.1. The van der Waals surface area contributed by atoms with E-state index in [-0.39, 0.29) is 24.4 Å². The van der Waals surface area contributed by atoms with E-state index in [0.717, 1.165) is 34.7 Å². The number of nitrogens with zero attached hydrogens (tertiary/aromatic N) is 1. The molecule has 2 amide bonds. The number of anilines is 1. The molecule has 0 atom stereocenters. The third kappa shape index (κ3) is 8.19. The molecule has 0 saturated carbocycles. The zero-order valence-corrected chi connectivity index (χ0v) is 18.1. The van der Waals surface area contributed by atoms with Gasteiger partial charge in [0.25, 0.3) is 0 Å². The van der Waals surface area contributed by atoms with E-state index < -0.39 is 33.9 Å². The molecule has 2 aromatic rings. The van der Waals surface area contributed by atoms with E-state index >= 15 is 0 Å². The van der Waals surface area contributed by atoms with Gasteiger partial charge in [0.15, 0.2) is 0 Å². The number of halogens is 3. The van der Waals surface area contributed by atoms with Gasteiger partial charge in [-0.15, -0.1) is 13.2 Å². The molecule has 8 nitrogen and oxygen atoms in total. The van der Waals surface area contributed by atoms with Crippen LogP contribution in [-0.4, -0.2) is 51.6 Å². The summed E-state index contributed by atoms with van der Waals surface area (Å²) in [7, 11) is -2.64. The van der Waals surface area contributed by atoms with Gasteiger partial charge in [0.1, 0.15) is 5.75 Å². The van der Waals surface area contributed by atoms with Crippen LogP contribution in [-0.2, 0) is 19.6 Å². The number of nitrogens with one attached hydrogen (secondary N) is 2. The maximum atomic E-state index is 12.2. The molecule has 0 saturated heterocycles. The van der Waals surface area contributed by atoms with Crippen molar-refractivity contribution < 1.29 is 35.9 Å². The molecule has 174 valence electrons. The molecule has 0 aliphatic carbocycles. The first-order chi connectivity index (χ1) is 14.9. The fraction of sp³-hybridized carbons (Fsp3) is 0.300. The topological polar surface area (TPSA) is 105 Å². The number of likely N-dealkylation sites (N-methyl/N-ethyl adjacent to an activating group) is 1. The highest BCUT2D eigenvalue weighted by molar-refractivity contribution is 7.89. The molecule has 2 aromatic carbocycles. The van der Waals surface area contributed by atoms with Crippen LogP contribution in [0.25, 0.3) is 0 Å². The quantitative estimate of drug-likeness (QED) is 0.583. The number of alkyl halides is 3. The van der Waals surface area contributed by atoms with Gasteiger partial charge in [0.05, 0.1) is 11.4 Å². The predicted octanol–water partition coefficient (Wildman–Crippen LogP) is 2.66. The molecule has 2 N–H and O–H groups in total. The Morgan fingerprint density at radius 2 is 1.62 bits per heavy atom. The molecular formula is C20H22F3N3O5S. The van der Waals surface area contributed by atoms with Crippen molar-refractivity contribution in [2.24, 2.45) is 0 Å². The molecule has 0 bridgehead atoms. The van der Waals surface area contributed by atoms with E-state index in [1.807, 2.05) is 19.1 Å². The minimum Gasteiger partial charge on any atom is -0.406 e. The summed E-state index contributed by atoms with van der Waals surface area (Å²) in [5.41, 5.74) is 1.61. The highest BCUT2D eigenvalue weighted by Gasteiger charge is 2.31. The number of carbonyl (C=O) groups is 2. The summed E-state index contributed by atoms with van der Waals surface area (Å²) in [6.07, 6.45) is -5.11. The molecule has 0 aromatic heterocycles. The van der Waals surface area contributed by atoms with Crippen molar-refractivity contribution >= 4 is 27.5 Å². The van der Waals surface area contributed by atoms with Crippen LogP contribution < -0.4 is 14.8 Å². The number of carbonyl (C=O) groups excluding carboxylic acids is 2. The van der Waals surface area contributed by atoms with Crippen molar-refractivity contribution in [3.63, 3.8) is 0 Å². The van der Waals surface area contributed by atoms with E-state index in [9.17, 15) is 31.2 Å². The van der Waals surface area contributed by atoms with Crippen molar-refractivity contribution in [3.05, 3.63) is 54.1 Å². The summed E-state index contributed by atoms with van der Waals surface area (Å²) < 4.78 is 66.8. The monoisotopic (exact) mass is 473 g/mol. The summed E-state index contributed by atoms with van der Waals surface area (Å²) in [5, 5.41) is 2.65. The Hall–Kier alpha value is -3.12. The second-order valence-corrected chi connectivity index (χ2v) is 8.60. The average molecular weight is 473 g/mol. The van der Waals surface area contributed by atoms with Crippen molar-refractivity contribution in [2.75, 3.05) is 25.5 Å². The average Bonchev–Trinajstić information content (AvgIpc) is 2.68. The normalized spacial score (nSPS) is 11.7. The maximum Gasteiger partial charge on any atom is 0.573 e. The van der Waals surface area contributed by atoms with E-state index in [1.165, 1.54) is 7.05 Å². The molecule has 0 fully saturated rings. The number of hydrogen-bond donors (Lipinski definition) is 2.